The van der Waals surface area contributed by atoms with E-state index in [0.29, 0.717) is 31.1 Å². The number of phenolic OH excluding ortho intramolecular Hbond substituents is 2. The number of rotatable bonds is 30. The Morgan fingerprint density at radius 1 is 0.560 bits per heavy atom. The van der Waals surface area contributed by atoms with Gasteiger partial charge in [0.05, 0.1) is 13.2 Å². The zero-order chi connectivity index (χ0) is 60.6. The summed E-state index contributed by atoms with van der Waals surface area (Å²) in [5.74, 6) is -5.58. The van der Waals surface area contributed by atoms with Crippen molar-refractivity contribution < 1.29 is 77.6 Å². The number of thioether (sulfide) groups is 1. The maximum atomic E-state index is 12.9. The summed E-state index contributed by atoms with van der Waals surface area (Å²) in [4.78, 5) is 8.32. The third-order valence-corrected chi connectivity index (χ3v) is 18.7. The predicted molar refractivity (Wildman–Crippen MR) is 313 cm³/mol. The van der Waals surface area contributed by atoms with E-state index in [-0.39, 0.29) is 53.8 Å². The van der Waals surface area contributed by atoms with Crippen LogP contribution in [0.2, 0.25) is 0 Å². The average Bonchev–Trinajstić information content (AvgIpc) is 1.66. The van der Waals surface area contributed by atoms with Crippen molar-refractivity contribution in [1.29, 1.82) is 0 Å². The van der Waals surface area contributed by atoms with E-state index in [1.54, 1.807) is 36.7 Å². The second kappa shape index (κ2) is 34.9. The fourth-order valence-electron chi connectivity index (χ4n) is 11.0. The number of aliphatic hydroxyl groups is 1. The molecule has 5 heterocycles. The first kappa shape index (κ1) is 72.1. The SMILES string of the molecule is C.C[C@]1(c2ccncc2)COc2cc(O)ccc2[C@H]1CCCCCCCCCS(=O)CCCC(F)(F)C(F)(F)F.C[C@]1(c2ccncc2)COc2cc(O)ccc2[C@H]1CCCCCCCCCSCCCC(F)(F)C(F)(F)F.OC1CCCO1. The average molecular weight is 1240 g/mol. The maximum absolute atomic E-state index is 12.9. The van der Waals surface area contributed by atoms with E-state index >= 15 is 0 Å². The standard InChI is InChI=1S/C29H38F5NO3S.C29H38F5NO2S.C4H8O2.CH4/c1-27(22-13-16-35-17-14-22)21-38-26-20-23(36)11-12-24(26)25(27)10-7-5-3-2-4-6-8-18-39(37)19-9-15-28(30,31)29(32,33)34;1-27(22-13-16-35-17-14-22)21-37-26-20-23(36)11-12-24(26)25(27)10-7-5-3-2-4-6-8-18-38-19-9-15-28(30,31)29(32,33)34;5-4-2-1-3-6-4;/h11-14,16-17,20,25,36H,2-10,15,18-19,21H2,1H3;11-14,16-17,20,25,36H,2-10,15,18-19,21H2,1H3;4-5H,1-3H2;1H4/t25-,27-,39?;25-,27-;;/m11../s1. The molecule has 9 nitrogen and oxygen atoms in total. The Bertz CT molecular complexity index is 2510. The summed E-state index contributed by atoms with van der Waals surface area (Å²) in [7, 11) is -1.37. The Kier molecular flexibility index (Phi) is 29.9. The highest BCUT2D eigenvalue weighted by molar-refractivity contribution is 7.99. The van der Waals surface area contributed by atoms with Gasteiger partial charge in [-0.3, -0.25) is 14.2 Å². The third-order valence-electron chi connectivity index (χ3n) is 16.0. The lowest BCUT2D eigenvalue weighted by Crippen LogP contribution is -2.40. The summed E-state index contributed by atoms with van der Waals surface area (Å²) >= 11 is 1.46. The smallest absolute Gasteiger partial charge is 0.453 e. The normalized spacial score (nSPS) is 20.8. The summed E-state index contributed by atoms with van der Waals surface area (Å²) in [6.45, 7) is 6.25. The molecule has 0 radical (unpaired) electrons. The molecule has 3 aliphatic heterocycles. The Morgan fingerprint density at radius 2 is 0.952 bits per heavy atom. The number of aromatic hydroxyl groups is 2. The minimum absolute atomic E-state index is 0. The van der Waals surface area contributed by atoms with E-state index in [2.05, 4.69) is 35.9 Å². The van der Waals surface area contributed by atoms with Crippen molar-refractivity contribution in [2.75, 3.05) is 42.8 Å². The number of unbranched alkanes of at least 4 members (excludes halogenated alkanes) is 12. The molecule has 0 saturated carbocycles. The lowest BCUT2D eigenvalue weighted by molar-refractivity contribution is -0.284. The molecule has 0 bridgehead atoms. The lowest BCUT2D eigenvalue weighted by Gasteiger charge is -2.43. The van der Waals surface area contributed by atoms with Gasteiger partial charge in [-0.2, -0.15) is 55.7 Å². The molecule has 3 aliphatic rings. The van der Waals surface area contributed by atoms with Crippen LogP contribution in [0.15, 0.2) is 85.5 Å². The number of aromatic nitrogens is 2. The van der Waals surface area contributed by atoms with Crippen LogP contribution in [0.25, 0.3) is 0 Å². The van der Waals surface area contributed by atoms with Crippen LogP contribution < -0.4 is 9.47 Å². The van der Waals surface area contributed by atoms with Crippen LogP contribution in [-0.2, 0) is 26.4 Å². The van der Waals surface area contributed by atoms with Gasteiger partial charge in [-0.15, -0.1) is 0 Å². The summed E-state index contributed by atoms with van der Waals surface area (Å²) in [5.41, 5.74) is 4.20. The molecule has 2 aromatic heterocycles. The zero-order valence-electron chi connectivity index (χ0n) is 47.8. The molecular formula is C63H88F10N2O7S2. The molecule has 7 rings (SSSR count). The number of pyridine rings is 2. The first-order valence-electron chi connectivity index (χ1n) is 29.2. The number of alkyl halides is 10. The molecule has 3 N–H and O–H groups in total. The summed E-state index contributed by atoms with van der Waals surface area (Å²) in [6.07, 6.45) is 10.9. The highest BCUT2D eigenvalue weighted by Crippen LogP contribution is 2.51. The predicted octanol–water partition coefficient (Wildman–Crippen LogP) is 17.9. The Labute approximate surface area is 497 Å². The van der Waals surface area contributed by atoms with E-state index in [9.17, 15) is 58.3 Å². The number of benzene rings is 2. The van der Waals surface area contributed by atoms with Crippen molar-refractivity contribution in [2.45, 2.75) is 216 Å². The number of fused-ring (bicyclic) bond motifs is 2. The molecule has 4 aromatic rings. The van der Waals surface area contributed by atoms with Gasteiger partial charge in [-0.1, -0.05) is 110 Å². The van der Waals surface area contributed by atoms with Crippen LogP contribution in [0.4, 0.5) is 43.9 Å². The van der Waals surface area contributed by atoms with Crippen molar-refractivity contribution in [2.24, 2.45) is 0 Å². The van der Waals surface area contributed by atoms with Crippen molar-refractivity contribution in [1.82, 2.24) is 9.97 Å². The van der Waals surface area contributed by atoms with E-state index in [1.807, 2.05) is 36.7 Å². The first-order valence-corrected chi connectivity index (χ1v) is 31.9. The summed E-state index contributed by atoms with van der Waals surface area (Å²) in [6, 6.07) is 18.9. The molecule has 0 spiro atoms. The molecule has 2 unspecified atom stereocenters. The van der Waals surface area contributed by atoms with E-state index in [0.717, 1.165) is 144 Å². The van der Waals surface area contributed by atoms with Crippen LogP contribution in [0.1, 0.15) is 197 Å². The second-order valence-electron chi connectivity index (χ2n) is 22.5. The second-order valence-corrected chi connectivity index (χ2v) is 25.4. The zero-order valence-corrected chi connectivity index (χ0v) is 49.4. The fourth-order valence-corrected chi connectivity index (χ4v) is 13.2. The maximum Gasteiger partial charge on any atom is 0.453 e. The lowest BCUT2D eigenvalue weighted by atomic mass is 9.66. The minimum atomic E-state index is -5.55. The quantitative estimate of drug-likeness (QED) is 0.0343. The molecule has 1 fully saturated rings. The van der Waals surface area contributed by atoms with Crippen molar-refractivity contribution in [3.05, 3.63) is 108 Å². The van der Waals surface area contributed by atoms with Crippen molar-refractivity contribution in [3.63, 3.8) is 0 Å². The van der Waals surface area contributed by atoms with Crippen LogP contribution in [-0.4, -0.2) is 103 Å². The number of phenols is 2. The van der Waals surface area contributed by atoms with Gasteiger partial charge in [-0.25, -0.2) is 0 Å². The van der Waals surface area contributed by atoms with Gasteiger partial charge in [0, 0.05) is 108 Å². The molecule has 1 saturated heterocycles. The van der Waals surface area contributed by atoms with Gasteiger partial charge in [-0.05, 0) is 115 Å². The van der Waals surface area contributed by atoms with E-state index in [1.165, 1.54) is 22.9 Å². The first-order chi connectivity index (χ1) is 39.4. The molecule has 0 amide bonds. The number of ether oxygens (including phenoxy) is 3. The van der Waals surface area contributed by atoms with Gasteiger partial charge < -0.3 is 29.5 Å². The number of halogens is 10. The molecular weight excluding hydrogens is 1150 g/mol. The van der Waals surface area contributed by atoms with Crippen LogP contribution in [0.5, 0.6) is 23.0 Å². The van der Waals surface area contributed by atoms with Gasteiger partial charge in [0.15, 0.2) is 6.29 Å². The molecule has 0 aliphatic carbocycles. The topological polar surface area (TPSA) is 131 Å². The molecule has 2 aromatic carbocycles. The van der Waals surface area contributed by atoms with Gasteiger partial charge >= 0.3 is 24.2 Å². The summed E-state index contributed by atoms with van der Waals surface area (Å²) in [5, 5.41) is 28.3. The summed E-state index contributed by atoms with van der Waals surface area (Å²) < 4.78 is 153. The third kappa shape index (κ3) is 22.4. The highest BCUT2D eigenvalue weighted by Gasteiger charge is 2.57. The molecule has 21 heteroatoms. The monoisotopic (exact) mass is 1240 g/mol. The highest BCUT2D eigenvalue weighted by atomic mass is 32.2. The molecule has 84 heavy (non-hydrogen) atoms. The minimum Gasteiger partial charge on any atom is -0.508 e. The Morgan fingerprint density at radius 3 is 1.36 bits per heavy atom. The molecule has 6 atom stereocenters. The number of nitrogens with zero attached hydrogens (tertiary/aromatic N) is 2. The van der Waals surface area contributed by atoms with Gasteiger partial charge in [0.2, 0.25) is 0 Å². The van der Waals surface area contributed by atoms with E-state index in [4.69, 9.17) is 19.3 Å². The van der Waals surface area contributed by atoms with Crippen LogP contribution >= 0.6 is 11.8 Å². The number of hydrogen-bond acceptors (Lipinski definition) is 10. The fraction of sp³-hybridized carbons (Fsp3) is 0.651. The Balaban J connectivity index is 0.000000323. The van der Waals surface area contributed by atoms with Gasteiger partial charge in [0.25, 0.3) is 0 Å². The van der Waals surface area contributed by atoms with Crippen molar-refractivity contribution >= 4 is 22.6 Å². The Hall–Kier alpha value is -4.34. The largest absolute Gasteiger partial charge is 0.508 e. The van der Waals surface area contributed by atoms with E-state index < -0.39 is 60.5 Å². The number of aliphatic hydroxyl groups excluding tert-OH is 1. The van der Waals surface area contributed by atoms with Crippen molar-refractivity contribution in [3.8, 4) is 23.0 Å². The van der Waals surface area contributed by atoms with Crippen LogP contribution in [0, 0.1) is 0 Å². The van der Waals surface area contributed by atoms with Gasteiger partial charge in [0.1, 0.15) is 23.0 Å². The number of hydrogen-bond donors (Lipinski definition) is 3. The molecule has 474 valence electrons. The van der Waals surface area contributed by atoms with Crippen LogP contribution in [0.3, 0.4) is 0 Å².